The van der Waals surface area contributed by atoms with Gasteiger partial charge in [-0.3, -0.25) is 19.3 Å². The van der Waals surface area contributed by atoms with E-state index >= 15 is 0 Å². The molecule has 1 amide bonds. The number of aliphatic hydroxyl groups excluding tert-OH is 2. The Labute approximate surface area is 215 Å². The number of nitrogens with two attached hydrogens (primary N) is 1. The van der Waals surface area contributed by atoms with Crippen molar-refractivity contribution in [3.05, 3.63) is 57.1 Å². The Morgan fingerprint density at radius 3 is 2.49 bits per heavy atom. The molecule has 6 N–H and O–H groups in total. The standard InChI is InChI=1S/C28H34N2O7/c1-5-6-7-13(2)10-14-8-9-18(31)20-16(14)11-15-12-17-22(30(3)4)24(33)21(27(29)36)26(35)28(17,37)25(34)19(15)23(20)32/h8-10,15,17,22,31,33-34,37H,5-7,11-12H2,1-4H3,(H2,29,36)/b13-10+. The molecule has 4 rings (SSSR count). The fourth-order valence-electron chi connectivity index (χ4n) is 6.20. The number of fused-ring (bicyclic) bond motifs is 3. The highest BCUT2D eigenvalue weighted by Crippen LogP contribution is 2.52. The van der Waals surface area contributed by atoms with Crippen LogP contribution in [-0.2, 0) is 16.0 Å². The van der Waals surface area contributed by atoms with Crippen LogP contribution < -0.4 is 5.73 Å². The number of unbranched alkanes of at least 4 members (excludes halogenated alkanes) is 1. The third-order valence-corrected chi connectivity index (χ3v) is 7.97. The SMILES string of the molecule is CCCC/C(C)=C/c1ccc(O)c2c1CC1CC3C(N(C)C)C(O)=C(C(N)=O)C(=O)C3(O)C(O)=C1C2=O. The van der Waals surface area contributed by atoms with Crippen LogP contribution in [0.4, 0.5) is 0 Å². The number of aromatic hydroxyl groups is 1. The number of primary amides is 1. The van der Waals surface area contributed by atoms with Gasteiger partial charge in [-0.15, -0.1) is 0 Å². The van der Waals surface area contributed by atoms with Gasteiger partial charge in [0.25, 0.3) is 5.91 Å². The number of phenolic OH excluding ortho intramolecular Hbond substituents is 1. The molecule has 37 heavy (non-hydrogen) atoms. The number of likely N-dealkylation sites (N-methyl/N-ethyl adjacent to an activating group) is 1. The molecule has 9 nitrogen and oxygen atoms in total. The molecule has 0 fully saturated rings. The zero-order valence-corrected chi connectivity index (χ0v) is 21.5. The smallest absolute Gasteiger partial charge is 0.255 e. The van der Waals surface area contributed by atoms with Gasteiger partial charge in [-0.05, 0) is 69.8 Å². The Bertz CT molecular complexity index is 1290. The predicted molar refractivity (Wildman–Crippen MR) is 137 cm³/mol. The second-order valence-electron chi connectivity index (χ2n) is 10.6. The number of hydrogen-bond acceptors (Lipinski definition) is 8. The van der Waals surface area contributed by atoms with Gasteiger partial charge in [0.2, 0.25) is 5.78 Å². The zero-order chi connectivity index (χ0) is 27.4. The van der Waals surface area contributed by atoms with Crippen molar-refractivity contribution < 1.29 is 34.8 Å². The van der Waals surface area contributed by atoms with E-state index in [1.807, 2.05) is 13.0 Å². The van der Waals surface area contributed by atoms with Gasteiger partial charge in [0.05, 0.1) is 11.6 Å². The second-order valence-corrected chi connectivity index (χ2v) is 10.6. The summed E-state index contributed by atoms with van der Waals surface area (Å²) < 4.78 is 0. The second kappa shape index (κ2) is 9.46. The van der Waals surface area contributed by atoms with E-state index in [2.05, 4.69) is 6.92 Å². The van der Waals surface area contributed by atoms with Gasteiger partial charge < -0.3 is 26.2 Å². The molecule has 0 saturated heterocycles. The molecule has 3 aliphatic rings. The van der Waals surface area contributed by atoms with E-state index < -0.39 is 58.0 Å². The molecule has 198 valence electrons. The first-order chi connectivity index (χ1) is 17.4. The van der Waals surface area contributed by atoms with Gasteiger partial charge >= 0.3 is 0 Å². The van der Waals surface area contributed by atoms with Crippen molar-refractivity contribution >= 4 is 23.5 Å². The van der Waals surface area contributed by atoms with Gasteiger partial charge in [-0.25, -0.2) is 0 Å². The lowest BCUT2D eigenvalue weighted by Crippen LogP contribution is -2.63. The summed E-state index contributed by atoms with van der Waals surface area (Å²) in [5.74, 6) is -6.48. The molecule has 0 spiro atoms. The molecule has 0 aliphatic heterocycles. The quantitative estimate of drug-likeness (QED) is 0.365. The van der Waals surface area contributed by atoms with Gasteiger partial charge in [-0.2, -0.15) is 0 Å². The topological polar surface area (TPSA) is 161 Å². The molecule has 0 aromatic heterocycles. The maximum atomic E-state index is 13.7. The normalized spacial score (nSPS) is 27.8. The van der Waals surface area contributed by atoms with Crippen LogP contribution in [-0.4, -0.2) is 68.5 Å². The van der Waals surface area contributed by atoms with E-state index in [4.69, 9.17) is 5.73 Å². The summed E-state index contributed by atoms with van der Waals surface area (Å²) in [6, 6.07) is 2.17. The number of carbonyl (C=O) groups is 3. The van der Waals surface area contributed by atoms with Crippen molar-refractivity contribution in [2.45, 2.75) is 57.6 Å². The van der Waals surface area contributed by atoms with Gasteiger partial charge in [-0.1, -0.05) is 31.1 Å². The minimum atomic E-state index is -2.63. The highest BCUT2D eigenvalue weighted by Gasteiger charge is 2.63. The van der Waals surface area contributed by atoms with Crippen molar-refractivity contribution in [3.63, 3.8) is 0 Å². The lowest BCUT2D eigenvalue weighted by molar-refractivity contribution is -0.148. The monoisotopic (exact) mass is 510 g/mol. The Morgan fingerprint density at radius 2 is 1.89 bits per heavy atom. The number of carbonyl (C=O) groups excluding carboxylic acids is 3. The van der Waals surface area contributed by atoms with Crippen LogP contribution in [0.1, 0.15) is 61.0 Å². The van der Waals surface area contributed by atoms with Crippen molar-refractivity contribution in [3.8, 4) is 5.75 Å². The van der Waals surface area contributed by atoms with Gasteiger partial charge in [0.15, 0.2) is 11.4 Å². The van der Waals surface area contributed by atoms with Crippen LogP contribution in [0.15, 0.2) is 40.4 Å². The summed E-state index contributed by atoms with van der Waals surface area (Å²) in [7, 11) is 3.21. The number of benzene rings is 1. The summed E-state index contributed by atoms with van der Waals surface area (Å²) in [5.41, 5.74) is 4.33. The summed E-state index contributed by atoms with van der Waals surface area (Å²) in [6.45, 7) is 4.12. The van der Waals surface area contributed by atoms with E-state index in [9.17, 15) is 34.8 Å². The van der Waals surface area contributed by atoms with E-state index in [0.717, 1.165) is 30.4 Å². The Kier molecular flexibility index (Phi) is 6.81. The molecule has 3 aliphatic carbocycles. The summed E-state index contributed by atoms with van der Waals surface area (Å²) >= 11 is 0. The lowest BCUT2D eigenvalue weighted by atomic mass is 9.58. The number of ketones is 2. The highest BCUT2D eigenvalue weighted by atomic mass is 16.3. The van der Waals surface area contributed by atoms with Gasteiger partial charge in [0.1, 0.15) is 22.8 Å². The average molecular weight is 511 g/mol. The Morgan fingerprint density at radius 1 is 1.22 bits per heavy atom. The van der Waals surface area contributed by atoms with Crippen LogP contribution in [0.3, 0.4) is 0 Å². The fraction of sp³-hybridized carbons (Fsp3) is 0.464. The molecule has 0 saturated carbocycles. The lowest BCUT2D eigenvalue weighted by Gasteiger charge is -2.50. The third-order valence-electron chi connectivity index (χ3n) is 7.97. The summed E-state index contributed by atoms with van der Waals surface area (Å²) in [6.07, 6.45) is 5.30. The Hall–Kier alpha value is -3.43. The molecular weight excluding hydrogens is 476 g/mol. The van der Waals surface area contributed by atoms with Gasteiger partial charge in [0, 0.05) is 11.5 Å². The predicted octanol–water partition coefficient (Wildman–Crippen LogP) is 2.71. The van der Waals surface area contributed by atoms with Crippen LogP contribution in [0.5, 0.6) is 5.75 Å². The maximum Gasteiger partial charge on any atom is 0.255 e. The maximum absolute atomic E-state index is 13.7. The zero-order valence-electron chi connectivity index (χ0n) is 21.5. The van der Waals surface area contributed by atoms with Crippen LogP contribution in [0.2, 0.25) is 0 Å². The van der Waals surface area contributed by atoms with Crippen molar-refractivity contribution in [2.24, 2.45) is 17.6 Å². The minimum Gasteiger partial charge on any atom is -0.510 e. The summed E-state index contributed by atoms with van der Waals surface area (Å²) in [4.78, 5) is 40.6. The first-order valence-electron chi connectivity index (χ1n) is 12.5. The number of phenols is 1. The van der Waals surface area contributed by atoms with E-state index in [0.29, 0.717) is 5.56 Å². The van der Waals surface area contributed by atoms with E-state index in [1.165, 1.54) is 11.0 Å². The van der Waals surface area contributed by atoms with Crippen molar-refractivity contribution in [1.82, 2.24) is 4.90 Å². The highest BCUT2D eigenvalue weighted by molar-refractivity contribution is 6.24. The fourth-order valence-corrected chi connectivity index (χ4v) is 6.20. The number of allylic oxidation sites excluding steroid dienone is 2. The van der Waals surface area contributed by atoms with Crippen LogP contribution in [0.25, 0.3) is 6.08 Å². The molecule has 1 aromatic carbocycles. The molecular formula is C28H34N2O7. The Balaban J connectivity index is 1.90. The molecule has 9 heteroatoms. The number of aliphatic hydroxyl groups is 3. The molecule has 0 radical (unpaired) electrons. The number of amides is 1. The van der Waals surface area contributed by atoms with E-state index in [-0.39, 0.29) is 29.7 Å². The van der Waals surface area contributed by atoms with Crippen molar-refractivity contribution in [2.75, 3.05) is 14.1 Å². The third kappa shape index (κ3) is 3.97. The van der Waals surface area contributed by atoms with Crippen LogP contribution in [0, 0.1) is 11.8 Å². The van der Waals surface area contributed by atoms with Crippen LogP contribution >= 0.6 is 0 Å². The molecule has 4 unspecified atom stereocenters. The molecule has 0 heterocycles. The van der Waals surface area contributed by atoms with E-state index in [1.54, 1.807) is 20.2 Å². The van der Waals surface area contributed by atoms with Crippen molar-refractivity contribution in [1.29, 1.82) is 0 Å². The number of Topliss-reactive ketones (excluding diaryl/α,β-unsaturated/α-hetero) is 2. The molecule has 0 bridgehead atoms. The first kappa shape index (κ1) is 26.6. The largest absolute Gasteiger partial charge is 0.510 e. The summed E-state index contributed by atoms with van der Waals surface area (Å²) in [5, 5.41) is 44.5. The first-order valence-corrected chi connectivity index (χ1v) is 12.5. The number of hydrogen-bond donors (Lipinski definition) is 5. The molecule has 4 atom stereocenters. The number of rotatable bonds is 6. The minimum absolute atomic E-state index is 0.0258. The average Bonchev–Trinajstić information content (AvgIpc) is 2.81. The molecule has 1 aromatic rings. The number of nitrogens with zero attached hydrogens (tertiary/aromatic N) is 1.